The fraction of sp³-hybridized carbons (Fsp3) is 0.446. The number of fused-ring (bicyclic) bond motifs is 2. The molecule has 0 unspecified atom stereocenters. The van der Waals surface area contributed by atoms with E-state index in [1.165, 1.54) is 17.8 Å². The van der Waals surface area contributed by atoms with Gasteiger partial charge in [-0.1, -0.05) is 38.1 Å². The third kappa shape index (κ3) is 17.9. The molecule has 7 rings (SSSR count). The summed E-state index contributed by atoms with van der Waals surface area (Å²) in [5, 5.41) is 18.5. The van der Waals surface area contributed by atoms with Crippen LogP contribution in [-0.4, -0.2) is 156 Å². The average molecular weight is 1100 g/mol. The summed E-state index contributed by atoms with van der Waals surface area (Å²) in [6.07, 6.45) is 6.31. The fourth-order valence-electron chi connectivity index (χ4n) is 8.78. The van der Waals surface area contributed by atoms with Crippen molar-refractivity contribution in [3.05, 3.63) is 102 Å². The molecule has 2 atom stereocenters. The lowest BCUT2D eigenvalue weighted by atomic mass is 9.99. The van der Waals surface area contributed by atoms with Gasteiger partial charge in [0.05, 0.1) is 81.8 Å². The van der Waals surface area contributed by atoms with Gasteiger partial charge in [0.15, 0.2) is 0 Å². The monoisotopic (exact) mass is 1100 g/mol. The molecule has 0 aliphatic carbocycles. The van der Waals surface area contributed by atoms with Crippen molar-refractivity contribution in [1.29, 1.82) is 0 Å². The summed E-state index contributed by atoms with van der Waals surface area (Å²) in [6.45, 7) is 8.91. The highest BCUT2D eigenvalue weighted by atomic mass is 16.6. The number of hydrogen-bond acceptors (Lipinski definition) is 16. The topological polar surface area (TPSA) is 312 Å². The van der Waals surface area contributed by atoms with E-state index in [4.69, 9.17) is 44.5 Å². The van der Waals surface area contributed by atoms with E-state index in [0.29, 0.717) is 56.2 Å². The summed E-state index contributed by atoms with van der Waals surface area (Å²) < 4.78 is 29.4. The Hall–Kier alpha value is -8.19. The first-order valence-corrected chi connectivity index (χ1v) is 26.8. The van der Waals surface area contributed by atoms with Crippen molar-refractivity contribution in [2.24, 2.45) is 11.7 Å². The number of pyridine rings is 1. The highest BCUT2D eigenvalue weighted by molar-refractivity contribution is 6.12. The molecule has 0 fully saturated rings. The number of nitrogens with two attached hydrogens (primary N) is 1. The van der Waals surface area contributed by atoms with Gasteiger partial charge in [0.25, 0.3) is 11.8 Å². The number of benzene rings is 2. The number of rotatable bonds is 32. The lowest BCUT2D eigenvalue weighted by Crippen LogP contribution is -2.54. The lowest BCUT2D eigenvalue weighted by Gasteiger charge is -2.25. The molecule has 5 heterocycles. The number of anilines is 1. The summed E-state index contributed by atoms with van der Waals surface area (Å²) in [5.41, 5.74) is 14.3. The Kier molecular flexibility index (Phi) is 22.5. The number of imide groups is 1. The largest absolute Gasteiger partial charge is 0.445 e. The first-order chi connectivity index (χ1) is 38.7. The molecule has 0 bridgehead atoms. The number of aromatic nitrogens is 5. The zero-order chi connectivity index (χ0) is 56.8. The Labute approximate surface area is 463 Å². The number of ether oxygens (including phenoxy) is 5. The maximum absolute atomic E-state index is 13.7. The summed E-state index contributed by atoms with van der Waals surface area (Å²) in [5.74, 6) is -2.58. The van der Waals surface area contributed by atoms with Crippen molar-refractivity contribution in [1.82, 2.24) is 50.9 Å². The maximum Gasteiger partial charge on any atom is 0.407 e. The van der Waals surface area contributed by atoms with Crippen LogP contribution in [0.1, 0.15) is 62.2 Å². The van der Waals surface area contributed by atoms with Gasteiger partial charge >= 0.3 is 12.1 Å². The molecule has 2 aromatic carbocycles. The number of primary amides is 1. The Morgan fingerprint density at radius 1 is 0.775 bits per heavy atom. The van der Waals surface area contributed by atoms with Gasteiger partial charge in [-0.05, 0) is 86.1 Å². The van der Waals surface area contributed by atoms with Crippen LogP contribution in [0.2, 0.25) is 0 Å². The highest BCUT2D eigenvalue weighted by Gasteiger charge is 2.30. The van der Waals surface area contributed by atoms with Crippen molar-refractivity contribution in [2.45, 2.75) is 84.5 Å². The molecule has 3 aromatic heterocycles. The Morgan fingerprint density at radius 3 is 2.19 bits per heavy atom. The number of amides is 8. The predicted octanol–water partition coefficient (Wildman–Crippen LogP) is 3.67. The molecule has 0 saturated carbocycles. The van der Waals surface area contributed by atoms with Gasteiger partial charge in [0.1, 0.15) is 24.4 Å². The number of nitrogens with zero attached hydrogens (tertiary/aromatic N) is 6. The van der Waals surface area contributed by atoms with Crippen LogP contribution in [-0.2, 0) is 73.7 Å². The van der Waals surface area contributed by atoms with Gasteiger partial charge in [-0.15, -0.1) is 0 Å². The number of alkyl carbamates (subject to hydrolysis) is 1. The van der Waals surface area contributed by atoms with Crippen LogP contribution in [0.3, 0.4) is 0 Å². The lowest BCUT2D eigenvalue weighted by molar-refractivity contribution is -0.137. The Balaban J connectivity index is 0.801. The van der Waals surface area contributed by atoms with Crippen LogP contribution in [0.5, 0.6) is 0 Å². The van der Waals surface area contributed by atoms with Crippen LogP contribution in [0.15, 0.2) is 79.0 Å². The maximum atomic E-state index is 13.7. The number of aryl methyl sites for hydroxylation is 2. The van der Waals surface area contributed by atoms with Crippen LogP contribution >= 0.6 is 0 Å². The van der Waals surface area contributed by atoms with E-state index in [0.717, 1.165) is 63.5 Å². The molecule has 0 radical (unpaired) electrons. The number of nitrogens with one attached hydrogen (secondary N) is 5. The van der Waals surface area contributed by atoms with E-state index in [1.807, 2.05) is 37.3 Å². The molecule has 0 spiro atoms. The van der Waals surface area contributed by atoms with Crippen molar-refractivity contribution < 1.29 is 57.2 Å². The van der Waals surface area contributed by atoms with Gasteiger partial charge in [0.2, 0.25) is 17.7 Å². The second-order valence-electron chi connectivity index (χ2n) is 19.3. The van der Waals surface area contributed by atoms with Gasteiger partial charge in [0, 0.05) is 73.5 Å². The molecule has 7 N–H and O–H groups in total. The quantitative estimate of drug-likeness (QED) is 0.0264. The number of hydrogen-bond donors (Lipinski definition) is 6. The van der Waals surface area contributed by atoms with E-state index < -0.39 is 41.9 Å². The van der Waals surface area contributed by atoms with Crippen LogP contribution in [0.4, 0.5) is 15.3 Å². The number of carbonyl (C=O) groups is 7. The third-order valence-corrected chi connectivity index (χ3v) is 12.9. The van der Waals surface area contributed by atoms with Crippen molar-refractivity contribution in [2.75, 3.05) is 77.8 Å². The zero-order valence-corrected chi connectivity index (χ0v) is 45.3. The van der Waals surface area contributed by atoms with Crippen LogP contribution in [0, 0.1) is 12.8 Å². The Morgan fingerprint density at radius 2 is 1.49 bits per heavy atom. The standard InChI is InChI=1S/C56H70N12O12/c1-36(2)51(65-47(69)20-25-76-27-29-78-31-32-79-30-28-77-26-24-67-48(70)17-18-49(67)71)54(73)64-44(9-5-21-58-55(57)74)53(72)63-40-14-11-38(12-15-40)35-80-56(75)59-22-19-41-34-60-42-16-13-39(33-45(42)62-41)50-46-10-6-23-68(46)66-52(50)43-8-4-7-37(3)61-43/h4,7-8,11-18,33-34,36,44,51H,5-6,9-10,19-32,35H2,1-3H3,(H,59,75)(H,63,72)(H,64,73)(H,65,69)(H3,57,58,74)/t44-,51-/m0/s1. The summed E-state index contributed by atoms with van der Waals surface area (Å²) in [7, 11) is 0. The molecule has 5 aromatic rings. The zero-order valence-electron chi connectivity index (χ0n) is 45.3. The second-order valence-corrected chi connectivity index (χ2v) is 19.3. The normalized spacial score (nSPS) is 13.6. The van der Waals surface area contributed by atoms with Crippen molar-refractivity contribution >= 4 is 58.4 Å². The minimum Gasteiger partial charge on any atom is -0.445 e. The summed E-state index contributed by atoms with van der Waals surface area (Å²) >= 11 is 0. The van der Waals surface area contributed by atoms with Crippen molar-refractivity contribution in [3.8, 4) is 22.5 Å². The van der Waals surface area contributed by atoms with Gasteiger partial charge in [-0.25, -0.2) is 14.6 Å². The van der Waals surface area contributed by atoms with E-state index in [2.05, 4.69) is 42.3 Å². The first-order valence-electron chi connectivity index (χ1n) is 26.8. The molecule has 0 saturated heterocycles. The number of urea groups is 1. The molecular formula is C56H70N12O12. The molecule has 2 aliphatic rings. The number of carbonyl (C=O) groups excluding carboxylic acids is 7. The van der Waals surface area contributed by atoms with E-state index >= 15 is 0 Å². The molecule has 8 amide bonds. The summed E-state index contributed by atoms with van der Waals surface area (Å²) in [6, 6.07) is 15.9. The minimum absolute atomic E-state index is 0.0291. The van der Waals surface area contributed by atoms with E-state index in [9.17, 15) is 33.6 Å². The molecular weight excluding hydrogens is 1030 g/mol. The van der Waals surface area contributed by atoms with E-state index in [-0.39, 0.29) is 83.2 Å². The smallest absolute Gasteiger partial charge is 0.407 e. The molecule has 24 heteroatoms. The molecule has 80 heavy (non-hydrogen) atoms. The molecule has 2 aliphatic heterocycles. The summed E-state index contributed by atoms with van der Waals surface area (Å²) in [4.78, 5) is 103. The fourth-order valence-corrected chi connectivity index (χ4v) is 8.78. The van der Waals surface area contributed by atoms with Gasteiger partial charge in [-0.2, -0.15) is 5.10 Å². The van der Waals surface area contributed by atoms with Crippen LogP contribution < -0.4 is 32.3 Å². The first kappa shape index (κ1) is 59.5. The average Bonchev–Trinajstić information content (AvgIpc) is 4.28. The molecule has 24 nitrogen and oxygen atoms in total. The van der Waals surface area contributed by atoms with Gasteiger partial charge < -0.3 is 56.0 Å². The van der Waals surface area contributed by atoms with Crippen LogP contribution in [0.25, 0.3) is 33.5 Å². The highest BCUT2D eigenvalue weighted by Crippen LogP contribution is 2.37. The second kappa shape index (κ2) is 30.2. The minimum atomic E-state index is -1.05. The molecule has 426 valence electrons. The predicted molar refractivity (Wildman–Crippen MR) is 293 cm³/mol. The SMILES string of the molecule is Cc1cccc(-c2nn3c(c2-c2ccc4ncc(CCNC(=O)OCc5ccc(NC(=O)[C@H](CCCNC(N)=O)NC(=O)[C@@H](NC(=O)CCOCCOCCOCCOCCN6C(=O)C=CC6=O)C(C)C)cc5)nc4c2)CCC3)n1. The van der Waals surface area contributed by atoms with E-state index in [1.54, 1.807) is 44.3 Å². The van der Waals surface area contributed by atoms with Gasteiger partial charge in [-0.3, -0.25) is 43.5 Å². The third-order valence-electron chi connectivity index (χ3n) is 12.9. The Bertz CT molecular complexity index is 2970. The van der Waals surface area contributed by atoms with Crippen molar-refractivity contribution in [3.63, 3.8) is 0 Å².